The highest BCUT2D eigenvalue weighted by molar-refractivity contribution is 8.00. The van der Waals surface area contributed by atoms with Crippen LogP contribution < -0.4 is 11.4 Å². The SMILES string of the molecule is Nc1ccn([C@@H]2S[C@H](COP(=O)(O)OP(=O)(O)OP(=O)(O)O)C(O)C2O)c(=O)n1. The van der Waals surface area contributed by atoms with Crippen molar-refractivity contribution in [3.63, 3.8) is 0 Å². The van der Waals surface area contributed by atoms with Crippen molar-refractivity contribution in [3.05, 3.63) is 22.7 Å². The van der Waals surface area contributed by atoms with Gasteiger partial charge in [-0.05, 0) is 6.07 Å². The Morgan fingerprint density at radius 3 is 2.28 bits per heavy atom. The van der Waals surface area contributed by atoms with E-state index in [9.17, 15) is 33.6 Å². The Morgan fingerprint density at radius 1 is 1.10 bits per heavy atom. The average Bonchev–Trinajstić information content (AvgIpc) is 2.78. The fourth-order valence-corrected chi connectivity index (χ4v) is 6.77. The lowest BCUT2D eigenvalue weighted by Crippen LogP contribution is -2.36. The second kappa shape index (κ2) is 8.85. The van der Waals surface area contributed by atoms with Crippen LogP contribution in [0.1, 0.15) is 5.37 Å². The van der Waals surface area contributed by atoms with Gasteiger partial charge in [0, 0.05) is 6.20 Å². The van der Waals surface area contributed by atoms with Crippen molar-refractivity contribution in [2.24, 2.45) is 0 Å². The van der Waals surface area contributed by atoms with E-state index in [2.05, 4.69) is 18.1 Å². The van der Waals surface area contributed by atoms with Crippen LogP contribution in [-0.2, 0) is 26.8 Å². The van der Waals surface area contributed by atoms with E-state index in [1.807, 2.05) is 0 Å². The molecule has 0 aromatic carbocycles. The fraction of sp³-hybridized carbons (Fsp3) is 0.556. The van der Waals surface area contributed by atoms with Gasteiger partial charge in [-0.3, -0.25) is 9.09 Å². The van der Waals surface area contributed by atoms with Crippen LogP contribution >= 0.6 is 35.2 Å². The van der Waals surface area contributed by atoms with Gasteiger partial charge < -0.3 is 35.5 Å². The van der Waals surface area contributed by atoms with E-state index < -0.39 is 58.6 Å². The highest BCUT2D eigenvalue weighted by Gasteiger charge is 2.46. The quantitative estimate of drug-likeness (QED) is 0.201. The molecule has 1 aliphatic heterocycles. The van der Waals surface area contributed by atoms with E-state index in [-0.39, 0.29) is 5.82 Å². The van der Waals surface area contributed by atoms with E-state index in [1.54, 1.807) is 0 Å². The number of nitrogens with two attached hydrogens (primary N) is 1. The number of hydrogen-bond donors (Lipinski definition) is 7. The van der Waals surface area contributed by atoms with Crippen molar-refractivity contribution in [2.45, 2.75) is 22.8 Å². The summed E-state index contributed by atoms with van der Waals surface area (Å²) >= 11 is 0.751. The lowest BCUT2D eigenvalue weighted by Gasteiger charge is -2.19. The van der Waals surface area contributed by atoms with Crippen LogP contribution in [0.2, 0.25) is 0 Å². The van der Waals surface area contributed by atoms with Crippen LogP contribution in [0, 0.1) is 0 Å². The molecule has 0 spiro atoms. The summed E-state index contributed by atoms with van der Waals surface area (Å²) in [6.45, 7) is -0.833. The minimum atomic E-state index is -5.68. The first-order chi connectivity index (χ1) is 13.1. The molecule has 0 radical (unpaired) electrons. The second-order valence-electron chi connectivity index (χ2n) is 5.48. The summed E-state index contributed by atoms with van der Waals surface area (Å²) in [6.07, 6.45) is -1.89. The molecule has 1 aromatic heterocycles. The average molecular weight is 499 g/mol. The molecule has 1 aromatic rings. The zero-order chi connectivity index (χ0) is 22.2. The molecule has 29 heavy (non-hydrogen) atoms. The topological polar surface area (TPSA) is 261 Å². The lowest BCUT2D eigenvalue weighted by atomic mass is 10.1. The minimum absolute atomic E-state index is 0.0755. The van der Waals surface area contributed by atoms with Crippen LogP contribution in [0.3, 0.4) is 0 Å². The molecule has 0 saturated carbocycles. The van der Waals surface area contributed by atoms with Crippen molar-refractivity contribution in [3.8, 4) is 0 Å². The summed E-state index contributed by atoms with van der Waals surface area (Å²) in [7, 11) is -16.6. The number of phosphoric ester groups is 1. The van der Waals surface area contributed by atoms with Gasteiger partial charge in [0.15, 0.2) is 0 Å². The Labute approximate surface area is 165 Å². The summed E-state index contributed by atoms with van der Waals surface area (Å²) in [6, 6.07) is 1.26. The number of rotatable bonds is 8. The minimum Gasteiger partial charge on any atom is -0.389 e. The van der Waals surface area contributed by atoms with E-state index in [0.717, 1.165) is 16.3 Å². The van der Waals surface area contributed by atoms with Gasteiger partial charge in [0.2, 0.25) is 0 Å². The molecule has 0 aliphatic carbocycles. The predicted molar refractivity (Wildman–Crippen MR) is 95.2 cm³/mol. The zero-order valence-electron chi connectivity index (χ0n) is 13.9. The first kappa shape index (κ1) is 24.6. The number of nitrogens with zero attached hydrogens (tertiary/aromatic N) is 2. The summed E-state index contributed by atoms with van der Waals surface area (Å²) in [5.41, 5.74) is 4.53. The summed E-state index contributed by atoms with van der Waals surface area (Å²) in [5, 5.41) is 18.0. The third-order valence-corrected chi connectivity index (χ3v) is 8.63. The standard InChI is InChI=1S/C9H16N3O13P3S/c10-5-1-2-12(9(15)11-5)8-7(14)6(13)4(29-8)3-23-27(19,20)25-28(21,22)24-26(16,17)18/h1-2,4,6-8,13-14H,3H2,(H,19,20)(H,21,22)(H2,10,11,15)(H2,16,17,18)/t4-,6?,7?,8-/m1/s1. The van der Waals surface area contributed by atoms with Crippen LogP contribution in [0.15, 0.2) is 17.1 Å². The van der Waals surface area contributed by atoms with Crippen molar-refractivity contribution < 1.29 is 56.6 Å². The van der Waals surface area contributed by atoms with Crippen LogP contribution in [-0.4, -0.2) is 63.4 Å². The summed E-state index contributed by atoms with van der Waals surface area (Å²) < 4.78 is 46.0. The van der Waals surface area contributed by atoms with Crippen molar-refractivity contribution in [1.82, 2.24) is 9.55 Å². The number of anilines is 1. The van der Waals surface area contributed by atoms with Crippen molar-refractivity contribution >= 4 is 41.0 Å². The fourth-order valence-electron chi connectivity index (χ4n) is 2.19. The number of nitrogen functional groups attached to an aromatic ring is 1. The Kier molecular flexibility index (Phi) is 7.51. The number of aliphatic hydroxyl groups excluding tert-OH is 2. The molecule has 6 atom stereocenters. The van der Waals surface area contributed by atoms with Gasteiger partial charge in [-0.15, -0.1) is 11.8 Å². The highest BCUT2D eigenvalue weighted by Crippen LogP contribution is 2.66. The number of hydrogen-bond acceptors (Lipinski definition) is 12. The van der Waals surface area contributed by atoms with Crippen molar-refractivity contribution in [1.29, 1.82) is 0 Å². The molecule has 8 N–H and O–H groups in total. The number of aromatic nitrogens is 2. The van der Waals surface area contributed by atoms with E-state index in [0.29, 0.717) is 0 Å². The van der Waals surface area contributed by atoms with Gasteiger partial charge in [-0.2, -0.15) is 13.6 Å². The molecule has 1 saturated heterocycles. The predicted octanol–water partition coefficient (Wildman–Crippen LogP) is -1.50. The molecular formula is C9H16N3O13P3S. The van der Waals surface area contributed by atoms with E-state index in [4.69, 9.17) is 20.4 Å². The maximum atomic E-state index is 11.9. The molecule has 16 nitrogen and oxygen atoms in total. The van der Waals surface area contributed by atoms with Crippen molar-refractivity contribution in [2.75, 3.05) is 12.3 Å². The summed E-state index contributed by atoms with van der Waals surface area (Å²) in [4.78, 5) is 50.7. The first-order valence-corrected chi connectivity index (χ1v) is 12.7. The molecule has 1 aliphatic rings. The first-order valence-electron chi connectivity index (χ1n) is 7.25. The normalized spacial score (nSPS) is 29.3. The maximum Gasteiger partial charge on any atom is 0.490 e. The number of aliphatic hydroxyl groups is 2. The Balaban J connectivity index is 2.05. The van der Waals surface area contributed by atoms with Gasteiger partial charge >= 0.3 is 29.2 Å². The Bertz CT molecular complexity index is 951. The van der Waals surface area contributed by atoms with E-state index >= 15 is 0 Å². The number of thioether (sulfide) groups is 1. The smallest absolute Gasteiger partial charge is 0.389 e. The molecular weight excluding hydrogens is 483 g/mol. The molecule has 0 amide bonds. The molecule has 2 rings (SSSR count). The van der Waals surface area contributed by atoms with Gasteiger partial charge in [-0.1, -0.05) is 0 Å². The Hall–Kier alpha value is -0.640. The zero-order valence-corrected chi connectivity index (χ0v) is 17.4. The van der Waals surface area contributed by atoms with Gasteiger partial charge in [0.25, 0.3) is 0 Å². The monoisotopic (exact) mass is 499 g/mol. The molecule has 4 unspecified atom stereocenters. The lowest BCUT2D eigenvalue weighted by molar-refractivity contribution is 0.00998. The third-order valence-electron chi connectivity index (χ3n) is 3.28. The highest BCUT2D eigenvalue weighted by atomic mass is 32.2. The van der Waals surface area contributed by atoms with Gasteiger partial charge in [0.05, 0.1) is 18.0 Å². The molecule has 0 bridgehead atoms. The number of phosphoric acid groups is 3. The molecule has 1 fully saturated rings. The summed E-state index contributed by atoms with van der Waals surface area (Å²) in [5.74, 6) is -0.0755. The van der Waals surface area contributed by atoms with E-state index in [1.165, 1.54) is 12.3 Å². The van der Waals surface area contributed by atoms with Crippen LogP contribution in [0.4, 0.5) is 5.82 Å². The molecule has 20 heteroatoms. The van der Waals surface area contributed by atoms with Gasteiger partial charge in [-0.25, -0.2) is 18.5 Å². The molecule has 166 valence electrons. The van der Waals surface area contributed by atoms with Gasteiger partial charge in [0.1, 0.15) is 17.3 Å². The largest absolute Gasteiger partial charge is 0.490 e. The Morgan fingerprint density at radius 2 is 1.72 bits per heavy atom. The maximum absolute atomic E-state index is 11.9. The molecule has 2 heterocycles. The van der Waals surface area contributed by atoms with Crippen LogP contribution in [0.5, 0.6) is 0 Å². The van der Waals surface area contributed by atoms with Crippen LogP contribution in [0.25, 0.3) is 0 Å². The third kappa shape index (κ3) is 6.94. The second-order valence-corrected chi connectivity index (χ2v) is 11.3.